The number of nitro groups is 1. The second kappa shape index (κ2) is 16.2. The van der Waals surface area contributed by atoms with Crippen LogP contribution in [0.4, 0.5) is 22.7 Å². The molecule has 0 radical (unpaired) electrons. The lowest BCUT2D eigenvalue weighted by molar-refractivity contribution is -0.384. The molecule has 13 nitrogen and oxygen atoms in total. The van der Waals surface area contributed by atoms with E-state index in [4.69, 9.17) is 35.3 Å². The number of nitriles is 1. The third kappa shape index (κ3) is 12.4. The van der Waals surface area contributed by atoms with Crippen LogP contribution in [0.1, 0.15) is 25.0 Å². The first kappa shape index (κ1) is 30.6. The molecule has 0 aromatic heterocycles. The van der Waals surface area contributed by atoms with Crippen LogP contribution in [0, 0.1) is 28.4 Å². The molecule has 2 rings (SSSR count). The second-order valence-corrected chi connectivity index (χ2v) is 6.71. The first-order valence-corrected chi connectivity index (χ1v) is 10.0. The third-order valence-corrected chi connectivity index (χ3v) is 3.86. The Kier molecular flexibility index (Phi) is 14.2. The number of benzene rings is 2. The standard InChI is InChI=1S/C18H19N5O4.2C2H4O2/c1-13-10-15(22(6-8-24)7-9-25)2-4-17(13)20-21-18-5-3-16(23(26)27)11-14(18)12-19;2*1-2(3)4/h2-5,10-11,24-25H,6-9H2,1H3;2*1H3,(H,3,4). The molecule has 0 bridgehead atoms. The Morgan fingerprint density at radius 2 is 1.49 bits per heavy atom. The Morgan fingerprint density at radius 3 is 1.91 bits per heavy atom. The van der Waals surface area contributed by atoms with Gasteiger partial charge in [-0.3, -0.25) is 19.7 Å². The maximum atomic E-state index is 10.8. The average molecular weight is 489 g/mol. The number of rotatable bonds is 8. The summed E-state index contributed by atoms with van der Waals surface area (Å²) in [5.41, 5.74) is 2.36. The maximum absolute atomic E-state index is 10.8. The molecule has 0 spiro atoms. The van der Waals surface area contributed by atoms with Crippen molar-refractivity contribution in [3.05, 3.63) is 57.6 Å². The lowest BCUT2D eigenvalue weighted by Crippen LogP contribution is -2.29. The summed E-state index contributed by atoms with van der Waals surface area (Å²) in [7, 11) is 0. The van der Waals surface area contributed by atoms with E-state index in [0.717, 1.165) is 31.2 Å². The number of anilines is 1. The Hall–Kier alpha value is -4.41. The van der Waals surface area contributed by atoms with Gasteiger partial charge in [0, 0.05) is 44.8 Å². The fraction of sp³-hybridized carbons (Fsp3) is 0.318. The van der Waals surface area contributed by atoms with Gasteiger partial charge in [0.2, 0.25) is 0 Å². The van der Waals surface area contributed by atoms with Gasteiger partial charge in [0.1, 0.15) is 11.8 Å². The predicted molar refractivity (Wildman–Crippen MR) is 126 cm³/mol. The number of nitrogens with zero attached hydrogens (tertiary/aromatic N) is 5. The van der Waals surface area contributed by atoms with Gasteiger partial charge in [0.15, 0.2) is 0 Å². The Labute approximate surface area is 201 Å². The summed E-state index contributed by atoms with van der Waals surface area (Å²) in [4.78, 5) is 30.1. The monoisotopic (exact) mass is 489 g/mol. The van der Waals surface area contributed by atoms with E-state index in [1.54, 1.807) is 12.1 Å². The van der Waals surface area contributed by atoms with Gasteiger partial charge in [-0.05, 0) is 36.8 Å². The zero-order valence-electron chi connectivity index (χ0n) is 19.5. The van der Waals surface area contributed by atoms with E-state index < -0.39 is 16.9 Å². The van der Waals surface area contributed by atoms with Crippen LogP contribution in [0.15, 0.2) is 46.6 Å². The number of nitro benzene ring substituents is 1. The van der Waals surface area contributed by atoms with Gasteiger partial charge in [-0.15, -0.1) is 5.11 Å². The number of aliphatic hydroxyl groups excluding tert-OH is 2. The predicted octanol–water partition coefficient (Wildman–Crippen LogP) is 3.16. The van der Waals surface area contributed by atoms with E-state index in [1.165, 1.54) is 12.1 Å². The molecule has 2 aromatic rings. The molecular formula is C22H27N5O8. The number of carboxylic acid groups (broad SMARTS) is 2. The third-order valence-electron chi connectivity index (χ3n) is 3.86. The van der Waals surface area contributed by atoms with Crippen molar-refractivity contribution in [3.63, 3.8) is 0 Å². The molecule has 0 amide bonds. The quantitative estimate of drug-likeness (QED) is 0.241. The van der Waals surface area contributed by atoms with Crippen LogP contribution in [-0.4, -0.2) is 63.6 Å². The molecule has 0 aliphatic heterocycles. The van der Waals surface area contributed by atoms with Crippen molar-refractivity contribution in [2.75, 3.05) is 31.2 Å². The minimum absolute atomic E-state index is 0.0302. The van der Waals surface area contributed by atoms with Gasteiger partial charge in [0.25, 0.3) is 17.6 Å². The second-order valence-electron chi connectivity index (χ2n) is 6.71. The number of aliphatic hydroxyl groups is 2. The van der Waals surface area contributed by atoms with Gasteiger partial charge >= 0.3 is 0 Å². The van der Waals surface area contributed by atoms with Crippen LogP contribution >= 0.6 is 0 Å². The van der Waals surface area contributed by atoms with Crippen molar-refractivity contribution in [3.8, 4) is 6.07 Å². The molecule has 0 saturated carbocycles. The van der Waals surface area contributed by atoms with E-state index in [2.05, 4.69) is 10.2 Å². The van der Waals surface area contributed by atoms with Crippen molar-refractivity contribution in [2.45, 2.75) is 20.8 Å². The Balaban J connectivity index is 0.00000126. The topological polar surface area (TPSA) is 210 Å². The minimum Gasteiger partial charge on any atom is -0.481 e. The summed E-state index contributed by atoms with van der Waals surface area (Å²) in [6.07, 6.45) is 0. The van der Waals surface area contributed by atoms with E-state index in [9.17, 15) is 10.1 Å². The normalized spacial score (nSPS) is 9.71. The van der Waals surface area contributed by atoms with Gasteiger partial charge in [-0.2, -0.15) is 10.4 Å². The number of carboxylic acids is 2. The van der Waals surface area contributed by atoms with E-state index in [1.807, 2.05) is 24.0 Å². The van der Waals surface area contributed by atoms with Gasteiger partial charge in [-0.1, -0.05) is 0 Å². The summed E-state index contributed by atoms with van der Waals surface area (Å²) in [6.45, 7) is 4.74. The van der Waals surface area contributed by atoms with Gasteiger partial charge in [0.05, 0.1) is 29.4 Å². The number of aryl methyl sites for hydroxylation is 1. The number of hydrogen-bond donors (Lipinski definition) is 4. The molecule has 35 heavy (non-hydrogen) atoms. The van der Waals surface area contributed by atoms with E-state index in [-0.39, 0.29) is 30.2 Å². The lowest BCUT2D eigenvalue weighted by atomic mass is 10.1. The summed E-state index contributed by atoms with van der Waals surface area (Å²) >= 11 is 0. The molecule has 0 saturated heterocycles. The van der Waals surface area contributed by atoms with Crippen molar-refractivity contribution >= 4 is 34.7 Å². The van der Waals surface area contributed by atoms with Crippen molar-refractivity contribution < 1.29 is 34.9 Å². The van der Waals surface area contributed by atoms with Crippen LogP contribution in [0.3, 0.4) is 0 Å². The molecule has 0 fully saturated rings. The van der Waals surface area contributed by atoms with Gasteiger partial charge < -0.3 is 25.3 Å². The van der Waals surface area contributed by atoms with Crippen LogP contribution in [0.5, 0.6) is 0 Å². The van der Waals surface area contributed by atoms with Crippen LogP contribution < -0.4 is 4.90 Å². The minimum atomic E-state index is -0.833. The number of non-ortho nitro benzene ring substituents is 1. The number of aliphatic carboxylic acids is 2. The number of azo groups is 1. The highest BCUT2D eigenvalue weighted by molar-refractivity contribution is 5.63. The molecule has 0 heterocycles. The smallest absolute Gasteiger partial charge is 0.300 e. The molecule has 0 atom stereocenters. The van der Waals surface area contributed by atoms with Gasteiger partial charge in [-0.25, -0.2) is 0 Å². The molecule has 0 aliphatic rings. The highest BCUT2D eigenvalue weighted by atomic mass is 16.6. The molecule has 13 heteroatoms. The fourth-order valence-electron chi connectivity index (χ4n) is 2.48. The first-order chi connectivity index (χ1) is 16.5. The van der Waals surface area contributed by atoms with Crippen LogP contribution in [0.2, 0.25) is 0 Å². The van der Waals surface area contributed by atoms with Crippen molar-refractivity contribution in [1.29, 1.82) is 5.26 Å². The lowest BCUT2D eigenvalue weighted by Gasteiger charge is -2.23. The maximum Gasteiger partial charge on any atom is 0.300 e. The van der Waals surface area contributed by atoms with Crippen LogP contribution in [0.25, 0.3) is 0 Å². The first-order valence-electron chi connectivity index (χ1n) is 10.0. The molecule has 2 aromatic carbocycles. The summed E-state index contributed by atoms with van der Waals surface area (Å²) in [5, 5.41) is 61.2. The van der Waals surface area contributed by atoms with Crippen molar-refractivity contribution in [1.82, 2.24) is 0 Å². The average Bonchev–Trinajstić information content (AvgIpc) is 2.77. The fourth-order valence-corrected chi connectivity index (χ4v) is 2.48. The Morgan fingerprint density at radius 1 is 1.00 bits per heavy atom. The molecule has 188 valence electrons. The summed E-state index contributed by atoms with van der Waals surface area (Å²) in [5.74, 6) is -1.67. The highest BCUT2D eigenvalue weighted by Crippen LogP contribution is 2.29. The largest absolute Gasteiger partial charge is 0.481 e. The molecule has 0 aliphatic carbocycles. The number of hydrogen-bond acceptors (Lipinski definition) is 10. The zero-order valence-corrected chi connectivity index (χ0v) is 19.5. The van der Waals surface area contributed by atoms with E-state index >= 15 is 0 Å². The molecule has 4 N–H and O–H groups in total. The SMILES string of the molecule is CC(=O)O.CC(=O)O.Cc1cc(N(CCO)CCO)ccc1N=Nc1ccc([N+](=O)[O-])cc1C#N. The molecular weight excluding hydrogens is 462 g/mol. The molecule has 0 unspecified atom stereocenters. The highest BCUT2D eigenvalue weighted by Gasteiger charge is 2.11. The Bertz CT molecular complexity index is 1060. The number of carbonyl (C=O) groups is 2. The van der Waals surface area contributed by atoms with Crippen molar-refractivity contribution in [2.24, 2.45) is 10.2 Å². The summed E-state index contributed by atoms with van der Waals surface area (Å²) < 4.78 is 0. The zero-order chi connectivity index (χ0) is 27.0. The van der Waals surface area contributed by atoms with Crippen LogP contribution in [-0.2, 0) is 9.59 Å². The van der Waals surface area contributed by atoms with E-state index in [0.29, 0.717) is 18.8 Å². The summed E-state index contributed by atoms with van der Waals surface area (Å²) in [6, 6.07) is 11.1.